The minimum absolute atomic E-state index is 0.178. The maximum atomic E-state index is 12.4. The number of aliphatic hydroxyl groups is 1. The van der Waals surface area contributed by atoms with Crippen LogP contribution in [0.25, 0.3) is 11.3 Å². The molecule has 6 nitrogen and oxygen atoms in total. The highest BCUT2D eigenvalue weighted by Gasteiger charge is 2.43. The summed E-state index contributed by atoms with van der Waals surface area (Å²) in [7, 11) is 0. The van der Waals surface area contributed by atoms with Gasteiger partial charge in [0, 0.05) is 23.4 Å². The molecule has 1 aliphatic carbocycles. The van der Waals surface area contributed by atoms with E-state index < -0.39 is 17.0 Å². The summed E-state index contributed by atoms with van der Waals surface area (Å²) in [6.45, 7) is 5.52. The van der Waals surface area contributed by atoms with Crippen LogP contribution in [0.5, 0.6) is 5.75 Å². The van der Waals surface area contributed by atoms with Gasteiger partial charge in [0.05, 0.1) is 11.3 Å². The molecule has 28 heavy (non-hydrogen) atoms. The van der Waals surface area contributed by atoms with Gasteiger partial charge in [0.1, 0.15) is 17.9 Å². The van der Waals surface area contributed by atoms with E-state index in [4.69, 9.17) is 4.74 Å². The normalized spacial score (nSPS) is 16.9. The van der Waals surface area contributed by atoms with Crippen molar-refractivity contribution < 1.29 is 19.7 Å². The van der Waals surface area contributed by atoms with Gasteiger partial charge in [-0.3, -0.25) is 4.79 Å². The quantitative estimate of drug-likeness (QED) is 0.847. The van der Waals surface area contributed by atoms with Crippen LogP contribution in [0.3, 0.4) is 0 Å². The lowest BCUT2D eigenvalue weighted by molar-refractivity contribution is 0.0282. The zero-order valence-corrected chi connectivity index (χ0v) is 16.4. The maximum absolute atomic E-state index is 12.4. The van der Waals surface area contributed by atoms with E-state index in [9.17, 15) is 19.8 Å². The minimum Gasteiger partial charge on any atom is -0.490 e. The van der Waals surface area contributed by atoms with Crippen LogP contribution in [0.4, 0.5) is 0 Å². The third-order valence-electron chi connectivity index (χ3n) is 5.85. The molecular formula is C22H25NO5. The first-order chi connectivity index (χ1) is 13.1. The molecule has 2 heterocycles. The number of carboxylic acid groups (broad SMARTS) is 1. The number of carbonyl (C=O) groups is 1. The van der Waals surface area contributed by atoms with Gasteiger partial charge >= 0.3 is 5.97 Å². The van der Waals surface area contributed by atoms with Crippen molar-refractivity contribution in [3.8, 4) is 17.0 Å². The topological polar surface area (TPSA) is 88.8 Å². The van der Waals surface area contributed by atoms with Crippen LogP contribution >= 0.6 is 0 Å². The molecule has 0 amide bonds. The summed E-state index contributed by atoms with van der Waals surface area (Å²) < 4.78 is 7.87. The summed E-state index contributed by atoms with van der Waals surface area (Å²) in [5.41, 5.74) is 1.97. The van der Waals surface area contributed by atoms with E-state index >= 15 is 0 Å². The van der Waals surface area contributed by atoms with Gasteiger partial charge < -0.3 is 19.5 Å². The van der Waals surface area contributed by atoms with Crippen LogP contribution in [0.15, 0.2) is 29.2 Å². The third-order valence-corrected chi connectivity index (χ3v) is 5.85. The number of hydrogen-bond donors (Lipinski definition) is 2. The second-order valence-electron chi connectivity index (χ2n) is 8.74. The van der Waals surface area contributed by atoms with Gasteiger partial charge in [0.25, 0.3) is 0 Å². The molecule has 0 unspecified atom stereocenters. The Hall–Kier alpha value is -2.60. The van der Waals surface area contributed by atoms with E-state index in [-0.39, 0.29) is 17.7 Å². The number of aryl methyl sites for hydroxylation is 1. The number of fused-ring (bicyclic) bond motifs is 4. The molecular weight excluding hydrogens is 358 g/mol. The molecule has 1 aromatic carbocycles. The average molecular weight is 383 g/mol. The predicted molar refractivity (Wildman–Crippen MR) is 105 cm³/mol. The lowest BCUT2D eigenvalue weighted by Crippen LogP contribution is -2.46. The Morgan fingerprint density at radius 1 is 1.29 bits per heavy atom. The third kappa shape index (κ3) is 3.02. The zero-order chi connectivity index (χ0) is 20.3. The van der Waals surface area contributed by atoms with Crippen LogP contribution in [-0.4, -0.2) is 33.0 Å². The number of hydrogen-bond acceptors (Lipinski definition) is 4. The van der Waals surface area contributed by atoms with E-state index in [1.165, 1.54) is 12.3 Å². The van der Waals surface area contributed by atoms with Crippen LogP contribution in [-0.2, 0) is 12.0 Å². The Morgan fingerprint density at radius 2 is 2.00 bits per heavy atom. The van der Waals surface area contributed by atoms with E-state index in [0.717, 1.165) is 53.8 Å². The molecule has 0 saturated heterocycles. The van der Waals surface area contributed by atoms with Gasteiger partial charge in [0.2, 0.25) is 0 Å². The van der Waals surface area contributed by atoms with Crippen LogP contribution < -0.4 is 10.2 Å². The molecule has 2 aliphatic rings. The van der Waals surface area contributed by atoms with E-state index in [0.29, 0.717) is 0 Å². The lowest BCUT2D eigenvalue weighted by Gasteiger charge is -2.48. The summed E-state index contributed by atoms with van der Waals surface area (Å²) >= 11 is 0. The monoisotopic (exact) mass is 383 g/mol. The van der Waals surface area contributed by atoms with Gasteiger partial charge in [-0.25, -0.2) is 4.79 Å². The summed E-state index contributed by atoms with van der Waals surface area (Å²) in [6, 6.07) is 5.46. The second kappa shape index (κ2) is 6.21. The smallest absolute Gasteiger partial charge is 0.341 e. The number of pyridine rings is 1. The molecule has 6 heteroatoms. The predicted octanol–water partition coefficient (Wildman–Crippen LogP) is 3.11. The highest BCUT2D eigenvalue weighted by molar-refractivity contribution is 5.88. The fourth-order valence-electron chi connectivity index (χ4n) is 4.26. The van der Waals surface area contributed by atoms with Crippen molar-refractivity contribution in [2.75, 3.05) is 6.61 Å². The fraction of sp³-hybridized carbons (Fsp3) is 0.455. The molecule has 2 N–H and O–H groups in total. The molecule has 1 aromatic heterocycles. The van der Waals surface area contributed by atoms with E-state index in [1.807, 2.05) is 23.6 Å². The van der Waals surface area contributed by atoms with Crippen molar-refractivity contribution in [3.05, 3.63) is 51.3 Å². The standard InChI is InChI=1S/C22H25NO5/c1-13-7-15-14(8-19(13)28-12-21(2,3)27)10-22(5-4-6-22)23-11-16(20(25)26)18(24)9-17(15)23/h7-9,11,27H,4-6,10,12H2,1-3H3,(H,25,26). The molecule has 148 valence electrons. The molecule has 1 aliphatic heterocycles. The number of ether oxygens (including phenoxy) is 1. The van der Waals surface area contributed by atoms with E-state index in [2.05, 4.69) is 0 Å². The fourth-order valence-corrected chi connectivity index (χ4v) is 4.26. The Labute approximate surface area is 163 Å². The van der Waals surface area contributed by atoms with Gasteiger partial charge in [-0.1, -0.05) is 0 Å². The van der Waals surface area contributed by atoms with Crippen molar-refractivity contribution in [3.63, 3.8) is 0 Å². The van der Waals surface area contributed by atoms with Crippen LogP contribution in [0.1, 0.15) is 54.6 Å². The van der Waals surface area contributed by atoms with Gasteiger partial charge in [-0.15, -0.1) is 0 Å². The van der Waals surface area contributed by atoms with Crippen LogP contribution in [0.2, 0.25) is 0 Å². The van der Waals surface area contributed by atoms with Crippen molar-refractivity contribution in [2.45, 2.75) is 57.6 Å². The highest BCUT2D eigenvalue weighted by atomic mass is 16.5. The molecule has 1 spiro atoms. The number of nitrogens with zero attached hydrogens (tertiary/aromatic N) is 1. The Morgan fingerprint density at radius 3 is 2.57 bits per heavy atom. The SMILES string of the molecule is Cc1cc2c(cc1OCC(C)(C)O)CC1(CCC1)n1cc(C(=O)O)c(=O)cc1-2. The zero-order valence-electron chi connectivity index (χ0n) is 16.4. The first kappa shape index (κ1) is 18.7. The van der Waals surface area contributed by atoms with Crippen molar-refractivity contribution in [1.29, 1.82) is 0 Å². The number of rotatable bonds is 4. The summed E-state index contributed by atoms with van der Waals surface area (Å²) in [5, 5.41) is 19.3. The summed E-state index contributed by atoms with van der Waals surface area (Å²) in [4.78, 5) is 23.8. The summed E-state index contributed by atoms with van der Waals surface area (Å²) in [6.07, 6.45) is 5.29. The van der Waals surface area contributed by atoms with Crippen molar-refractivity contribution in [1.82, 2.24) is 4.57 Å². The lowest BCUT2D eigenvalue weighted by atomic mass is 9.69. The molecule has 4 rings (SSSR count). The van der Waals surface area contributed by atoms with E-state index in [1.54, 1.807) is 13.8 Å². The Kier molecular flexibility index (Phi) is 4.16. The van der Waals surface area contributed by atoms with Crippen molar-refractivity contribution >= 4 is 5.97 Å². The van der Waals surface area contributed by atoms with Gasteiger partial charge in [-0.2, -0.15) is 0 Å². The maximum Gasteiger partial charge on any atom is 0.341 e. The minimum atomic E-state index is -1.19. The number of aromatic nitrogens is 1. The Bertz CT molecular complexity index is 1020. The number of carboxylic acids is 1. The molecule has 2 aromatic rings. The summed E-state index contributed by atoms with van der Waals surface area (Å²) in [5.74, 6) is -0.458. The molecule has 1 saturated carbocycles. The van der Waals surface area contributed by atoms with Crippen molar-refractivity contribution in [2.24, 2.45) is 0 Å². The van der Waals surface area contributed by atoms with Gasteiger partial charge in [0.15, 0.2) is 5.43 Å². The Balaban J connectivity index is 1.85. The highest BCUT2D eigenvalue weighted by Crippen LogP contribution is 2.49. The molecule has 0 radical (unpaired) electrons. The van der Waals surface area contributed by atoms with Crippen LogP contribution in [0, 0.1) is 6.92 Å². The number of aromatic carboxylic acids is 1. The second-order valence-corrected chi connectivity index (χ2v) is 8.74. The van der Waals surface area contributed by atoms with Gasteiger partial charge in [-0.05, 0) is 69.7 Å². The first-order valence-electron chi connectivity index (χ1n) is 9.59. The molecule has 0 bridgehead atoms. The largest absolute Gasteiger partial charge is 0.490 e. The molecule has 0 atom stereocenters. The first-order valence-corrected chi connectivity index (χ1v) is 9.59. The number of benzene rings is 1. The molecule has 1 fully saturated rings. The average Bonchev–Trinajstić information content (AvgIpc) is 2.56.